The Morgan fingerprint density at radius 3 is 2.64 bits per heavy atom. The summed E-state index contributed by atoms with van der Waals surface area (Å²) in [4.78, 5) is 14.2. The van der Waals surface area contributed by atoms with Gasteiger partial charge in [-0.1, -0.05) is 30.3 Å². The van der Waals surface area contributed by atoms with Crippen LogP contribution in [0.3, 0.4) is 0 Å². The quantitative estimate of drug-likeness (QED) is 0.545. The summed E-state index contributed by atoms with van der Waals surface area (Å²) in [5, 5.41) is 3.81. The van der Waals surface area contributed by atoms with E-state index in [0.29, 0.717) is 5.76 Å². The molecule has 134 valence electrons. The third kappa shape index (κ3) is 5.98. The molecule has 1 amide bonds. The van der Waals surface area contributed by atoms with E-state index >= 15 is 0 Å². The second-order valence-corrected chi connectivity index (χ2v) is 6.85. The molecule has 0 bridgehead atoms. The zero-order valence-electron chi connectivity index (χ0n) is 14.9. The van der Waals surface area contributed by atoms with Gasteiger partial charge in [0.1, 0.15) is 5.76 Å². The zero-order chi connectivity index (χ0) is 18.1. The van der Waals surface area contributed by atoms with Crippen molar-refractivity contribution < 1.29 is 9.21 Å². The summed E-state index contributed by atoms with van der Waals surface area (Å²) < 4.78 is 5.70. The smallest absolute Gasteiger partial charge is 0.252 e. The van der Waals surface area contributed by atoms with Gasteiger partial charge in [0, 0.05) is 24.9 Å². The minimum atomic E-state index is -0.180. The van der Waals surface area contributed by atoms with E-state index in [1.54, 1.807) is 11.8 Å². The molecule has 1 aromatic carbocycles. The van der Waals surface area contributed by atoms with Crippen LogP contribution in [-0.4, -0.2) is 30.5 Å². The van der Waals surface area contributed by atoms with Gasteiger partial charge in [-0.2, -0.15) is 5.10 Å². The highest BCUT2D eigenvalue weighted by atomic mass is 32.2. The maximum Gasteiger partial charge on any atom is 0.252 e. The number of furan rings is 1. The minimum Gasteiger partial charge on any atom is -0.440 e. The fourth-order valence-electron chi connectivity index (χ4n) is 2.24. The van der Waals surface area contributed by atoms with E-state index < -0.39 is 0 Å². The Bertz CT molecular complexity index is 681. The molecular formula is C19H25N3O2S. The molecule has 1 aromatic heterocycles. The Kier molecular flexibility index (Phi) is 7.60. The van der Waals surface area contributed by atoms with Crippen molar-refractivity contribution in [3.63, 3.8) is 0 Å². The second kappa shape index (κ2) is 9.93. The molecule has 0 aliphatic carbocycles. The molecule has 0 aliphatic heterocycles. The molecule has 0 spiro atoms. The lowest BCUT2D eigenvalue weighted by atomic mass is 10.2. The van der Waals surface area contributed by atoms with Gasteiger partial charge < -0.3 is 9.32 Å². The van der Waals surface area contributed by atoms with Gasteiger partial charge in [0.2, 0.25) is 0 Å². The van der Waals surface area contributed by atoms with E-state index in [1.807, 2.05) is 37.3 Å². The molecule has 2 aromatic rings. The predicted molar refractivity (Wildman–Crippen MR) is 105 cm³/mol. The Labute approximate surface area is 153 Å². The SMILES string of the molecule is CCN(CC)c1ccc(/C=N\NC(=O)[C@H](C)SCc2ccccc2)o1. The molecule has 1 heterocycles. The van der Waals surface area contributed by atoms with Crippen molar-refractivity contribution in [1.29, 1.82) is 0 Å². The van der Waals surface area contributed by atoms with Gasteiger partial charge in [-0.3, -0.25) is 4.79 Å². The number of hydrazone groups is 1. The lowest BCUT2D eigenvalue weighted by Crippen LogP contribution is -2.26. The van der Waals surface area contributed by atoms with Crippen molar-refractivity contribution in [1.82, 2.24) is 5.43 Å². The molecule has 1 N–H and O–H groups in total. The molecule has 0 radical (unpaired) electrons. The van der Waals surface area contributed by atoms with E-state index in [4.69, 9.17) is 4.42 Å². The van der Waals surface area contributed by atoms with Gasteiger partial charge in [0.05, 0.1) is 11.5 Å². The Balaban J connectivity index is 1.79. The minimum absolute atomic E-state index is 0.118. The molecule has 0 saturated heterocycles. The monoisotopic (exact) mass is 359 g/mol. The van der Waals surface area contributed by atoms with Crippen molar-refractivity contribution in [2.75, 3.05) is 18.0 Å². The van der Waals surface area contributed by atoms with Gasteiger partial charge in [-0.25, -0.2) is 5.43 Å². The summed E-state index contributed by atoms with van der Waals surface area (Å²) >= 11 is 1.58. The van der Waals surface area contributed by atoms with Gasteiger partial charge in [0.15, 0.2) is 5.88 Å². The average molecular weight is 359 g/mol. The Morgan fingerprint density at radius 1 is 1.24 bits per heavy atom. The standard InChI is InChI=1S/C19H25N3O2S/c1-4-22(5-2)18-12-11-17(24-18)13-20-21-19(23)15(3)25-14-16-9-7-6-8-10-16/h6-13,15H,4-5,14H2,1-3H3,(H,21,23)/b20-13-/t15-/m0/s1. The lowest BCUT2D eigenvalue weighted by molar-refractivity contribution is -0.120. The van der Waals surface area contributed by atoms with Crippen LogP contribution >= 0.6 is 11.8 Å². The number of rotatable bonds is 9. The number of hydrogen-bond donors (Lipinski definition) is 1. The van der Waals surface area contributed by atoms with E-state index in [2.05, 4.69) is 41.4 Å². The fourth-order valence-corrected chi connectivity index (χ4v) is 3.08. The highest BCUT2D eigenvalue weighted by Crippen LogP contribution is 2.18. The largest absolute Gasteiger partial charge is 0.440 e. The van der Waals surface area contributed by atoms with Crippen LogP contribution in [-0.2, 0) is 10.5 Å². The van der Waals surface area contributed by atoms with E-state index in [0.717, 1.165) is 24.7 Å². The second-order valence-electron chi connectivity index (χ2n) is 5.52. The van der Waals surface area contributed by atoms with Crippen LogP contribution in [0, 0.1) is 0 Å². The van der Waals surface area contributed by atoms with Crippen LogP contribution < -0.4 is 10.3 Å². The summed E-state index contributed by atoms with van der Waals surface area (Å²) in [5.74, 6) is 2.11. The number of benzene rings is 1. The van der Waals surface area contributed by atoms with Gasteiger partial charge in [-0.15, -0.1) is 11.8 Å². The van der Waals surface area contributed by atoms with Crippen molar-refractivity contribution in [2.24, 2.45) is 5.10 Å². The first-order valence-electron chi connectivity index (χ1n) is 8.47. The van der Waals surface area contributed by atoms with Crippen LogP contribution in [0.2, 0.25) is 0 Å². The number of nitrogens with zero attached hydrogens (tertiary/aromatic N) is 2. The first-order valence-corrected chi connectivity index (χ1v) is 9.52. The third-order valence-corrected chi connectivity index (χ3v) is 4.98. The number of carbonyl (C=O) groups is 1. The fraction of sp³-hybridized carbons (Fsp3) is 0.368. The molecule has 25 heavy (non-hydrogen) atoms. The number of amides is 1. The summed E-state index contributed by atoms with van der Waals surface area (Å²) in [6, 6.07) is 13.9. The first kappa shape index (κ1) is 19.1. The highest BCUT2D eigenvalue weighted by molar-refractivity contribution is 7.99. The van der Waals surface area contributed by atoms with Crippen molar-refractivity contribution >= 4 is 29.8 Å². The Hall–Kier alpha value is -2.21. The maximum atomic E-state index is 12.1. The number of nitrogens with one attached hydrogen (secondary N) is 1. The topological polar surface area (TPSA) is 57.8 Å². The van der Waals surface area contributed by atoms with Crippen LogP contribution in [0.4, 0.5) is 5.88 Å². The summed E-state index contributed by atoms with van der Waals surface area (Å²) in [5.41, 5.74) is 3.77. The molecule has 0 fully saturated rings. The molecule has 1 atom stereocenters. The van der Waals surface area contributed by atoms with Gasteiger partial charge in [0.25, 0.3) is 5.91 Å². The van der Waals surface area contributed by atoms with E-state index in [-0.39, 0.29) is 11.2 Å². The average Bonchev–Trinajstić information content (AvgIpc) is 3.10. The van der Waals surface area contributed by atoms with Crippen molar-refractivity contribution in [2.45, 2.75) is 31.8 Å². The normalized spacial score (nSPS) is 12.3. The summed E-state index contributed by atoms with van der Waals surface area (Å²) in [6.07, 6.45) is 1.53. The number of carbonyl (C=O) groups excluding carboxylic acids is 1. The molecule has 0 saturated carbocycles. The van der Waals surface area contributed by atoms with E-state index in [1.165, 1.54) is 11.8 Å². The first-order chi connectivity index (χ1) is 12.1. The van der Waals surface area contributed by atoms with Crippen LogP contribution in [0.1, 0.15) is 32.1 Å². The van der Waals surface area contributed by atoms with Gasteiger partial charge in [-0.05, 0) is 32.4 Å². The third-order valence-electron chi connectivity index (χ3n) is 3.77. The van der Waals surface area contributed by atoms with E-state index in [9.17, 15) is 4.79 Å². The predicted octanol–water partition coefficient (Wildman–Crippen LogP) is 3.90. The summed E-state index contributed by atoms with van der Waals surface area (Å²) in [7, 11) is 0. The molecule has 2 rings (SSSR count). The highest BCUT2D eigenvalue weighted by Gasteiger charge is 2.12. The lowest BCUT2D eigenvalue weighted by Gasteiger charge is -2.16. The molecule has 0 unspecified atom stereocenters. The van der Waals surface area contributed by atoms with Crippen molar-refractivity contribution in [3.8, 4) is 0 Å². The zero-order valence-corrected chi connectivity index (χ0v) is 15.8. The number of anilines is 1. The van der Waals surface area contributed by atoms with Crippen molar-refractivity contribution in [3.05, 3.63) is 53.8 Å². The van der Waals surface area contributed by atoms with Crippen LogP contribution in [0.5, 0.6) is 0 Å². The number of thioether (sulfide) groups is 1. The van der Waals surface area contributed by atoms with Crippen LogP contribution in [0.15, 0.2) is 52.0 Å². The molecular weight excluding hydrogens is 334 g/mol. The van der Waals surface area contributed by atoms with Crippen LogP contribution in [0.25, 0.3) is 0 Å². The maximum absolute atomic E-state index is 12.1. The Morgan fingerprint density at radius 2 is 1.96 bits per heavy atom. The molecule has 6 heteroatoms. The molecule has 0 aliphatic rings. The van der Waals surface area contributed by atoms with Gasteiger partial charge >= 0.3 is 0 Å². The molecule has 5 nitrogen and oxygen atoms in total. The summed E-state index contributed by atoms with van der Waals surface area (Å²) in [6.45, 7) is 7.80. The number of hydrogen-bond acceptors (Lipinski definition) is 5.